The van der Waals surface area contributed by atoms with Crippen molar-refractivity contribution in [3.8, 4) is 22.8 Å². The fourth-order valence-corrected chi connectivity index (χ4v) is 4.43. The van der Waals surface area contributed by atoms with Crippen LogP contribution in [0.4, 0.5) is 0 Å². The number of Topliss-reactive ketones (excluding diaryl/α,β-unsaturated/α-hetero) is 1. The van der Waals surface area contributed by atoms with Gasteiger partial charge in [0.2, 0.25) is 5.71 Å². The van der Waals surface area contributed by atoms with Gasteiger partial charge < -0.3 is 8.98 Å². The first kappa shape index (κ1) is 17.9. The number of aromatic nitrogens is 2. The van der Waals surface area contributed by atoms with Crippen LogP contribution in [-0.2, 0) is 7.05 Å². The zero-order chi connectivity index (χ0) is 20.8. The van der Waals surface area contributed by atoms with Gasteiger partial charge in [0.15, 0.2) is 11.6 Å². The van der Waals surface area contributed by atoms with Crippen LogP contribution in [0.2, 0.25) is 0 Å². The van der Waals surface area contributed by atoms with E-state index >= 15 is 0 Å². The van der Waals surface area contributed by atoms with E-state index in [0.29, 0.717) is 28.2 Å². The van der Waals surface area contributed by atoms with Gasteiger partial charge in [0.05, 0.1) is 4.88 Å². The number of benzene rings is 1. The van der Waals surface area contributed by atoms with E-state index in [2.05, 4.69) is 4.98 Å². The molecule has 0 spiro atoms. The Hall–Kier alpha value is -4.20. The second-order valence-corrected chi connectivity index (χ2v) is 7.66. The van der Waals surface area contributed by atoms with E-state index in [-0.39, 0.29) is 16.9 Å². The Bertz CT molecular complexity index is 1470. The van der Waals surface area contributed by atoms with Gasteiger partial charge in [0.1, 0.15) is 29.0 Å². The molecule has 0 saturated carbocycles. The molecule has 142 valence electrons. The van der Waals surface area contributed by atoms with E-state index in [0.717, 1.165) is 16.2 Å². The Balaban J connectivity index is 1.66. The molecule has 0 radical (unpaired) electrons. The molecule has 1 aliphatic carbocycles. The molecule has 30 heavy (non-hydrogen) atoms. The third-order valence-corrected chi connectivity index (χ3v) is 5.92. The van der Waals surface area contributed by atoms with Crippen molar-refractivity contribution in [2.75, 3.05) is 0 Å². The molecule has 3 aromatic heterocycles. The van der Waals surface area contributed by atoms with E-state index in [4.69, 9.17) is 4.42 Å². The molecule has 0 bridgehead atoms. The van der Waals surface area contributed by atoms with Crippen molar-refractivity contribution in [2.24, 2.45) is 7.05 Å². The van der Waals surface area contributed by atoms with Crippen LogP contribution < -0.4 is 0 Å². The van der Waals surface area contributed by atoms with Gasteiger partial charge in [0.25, 0.3) is 0 Å². The summed E-state index contributed by atoms with van der Waals surface area (Å²) in [4.78, 5) is 18.6. The lowest BCUT2D eigenvalue weighted by atomic mass is 9.99. The van der Waals surface area contributed by atoms with E-state index < -0.39 is 0 Å². The standard InChI is InChI=1S/C23H12N4O2S/c1-27-18-10-14(29-23(18)26-22(27)19-7-4-8-30-19)9-17-20(13(11-24)12-25)15-5-2-3-6-16(15)21(17)28/h2-10H,1H3/b17-9-. The van der Waals surface area contributed by atoms with Gasteiger partial charge in [-0.1, -0.05) is 30.3 Å². The van der Waals surface area contributed by atoms with Gasteiger partial charge in [0, 0.05) is 29.8 Å². The van der Waals surface area contributed by atoms with Gasteiger partial charge in [-0.2, -0.15) is 15.5 Å². The van der Waals surface area contributed by atoms with Crippen molar-refractivity contribution >= 4 is 40.0 Å². The van der Waals surface area contributed by atoms with E-state index in [1.165, 1.54) is 0 Å². The van der Waals surface area contributed by atoms with Crippen LogP contribution in [-0.4, -0.2) is 15.3 Å². The second kappa shape index (κ2) is 6.70. The molecule has 1 aliphatic rings. The van der Waals surface area contributed by atoms with Gasteiger partial charge in [-0.3, -0.25) is 4.79 Å². The molecule has 7 heteroatoms. The molecule has 0 atom stereocenters. The first-order valence-electron chi connectivity index (χ1n) is 9.03. The average molecular weight is 408 g/mol. The number of furan rings is 1. The van der Waals surface area contributed by atoms with Crippen molar-refractivity contribution < 1.29 is 9.21 Å². The van der Waals surface area contributed by atoms with Crippen LogP contribution in [0.5, 0.6) is 0 Å². The Kier molecular flexibility index (Phi) is 3.99. The molecule has 0 aliphatic heterocycles. The number of thiophene rings is 1. The fraction of sp³-hybridized carbons (Fsp3) is 0.0435. The number of allylic oxidation sites excluding steroid dienone is 3. The lowest BCUT2D eigenvalue weighted by Crippen LogP contribution is -1.95. The zero-order valence-corrected chi connectivity index (χ0v) is 16.5. The second-order valence-electron chi connectivity index (χ2n) is 6.72. The van der Waals surface area contributed by atoms with Crippen LogP contribution in [0.3, 0.4) is 0 Å². The maximum atomic E-state index is 13.0. The van der Waals surface area contributed by atoms with E-state index in [1.807, 2.05) is 41.3 Å². The van der Waals surface area contributed by atoms with Crippen LogP contribution in [0.1, 0.15) is 21.7 Å². The fourth-order valence-electron chi connectivity index (χ4n) is 3.68. The summed E-state index contributed by atoms with van der Waals surface area (Å²) in [6.45, 7) is 0. The summed E-state index contributed by atoms with van der Waals surface area (Å²) in [6, 6.07) is 16.5. The Morgan fingerprint density at radius 2 is 1.93 bits per heavy atom. The number of hydrogen-bond acceptors (Lipinski definition) is 6. The van der Waals surface area contributed by atoms with Crippen LogP contribution in [0.15, 0.2) is 63.4 Å². The topological polar surface area (TPSA) is 95.6 Å². The molecule has 0 saturated heterocycles. The number of hydrogen-bond donors (Lipinski definition) is 0. The highest BCUT2D eigenvalue weighted by atomic mass is 32.1. The van der Waals surface area contributed by atoms with Gasteiger partial charge in [-0.05, 0) is 23.1 Å². The molecule has 6 nitrogen and oxygen atoms in total. The molecule has 1 aromatic carbocycles. The quantitative estimate of drug-likeness (QED) is 0.344. The Morgan fingerprint density at radius 1 is 1.17 bits per heavy atom. The smallest absolute Gasteiger partial charge is 0.245 e. The third kappa shape index (κ3) is 2.54. The molecule has 5 rings (SSSR count). The number of carbonyl (C=O) groups excluding carboxylic acids is 1. The summed E-state index contributed by atoms with van der Waals surface area (Å²) in [7, 11) is 1.90. The first-order valence-corrected chi connectivity index (χ1v) is 9.91. The maximum absolute atomic E-state index is 13.0. The maximum Gasteiger partial charge on any atom is 0.245 e. The lowest BCUT2D eigenvalue weighted by molar-refractivity contribution is 0.104. The lowest BCUT2D eigenvalue weighted by Gasteiger charge is -2.01. The summed E-state index contributed by atoms with van der Waals surface area (Å²) < 4.78 is 7.82. The highest BCUT2D eigenvalue weighted by Gasteiger charge is 2.32. The van der Waals surface area contributed by atoms with Crippen molar-refractivity contribution in [1.29, 1.82) is 10.5 Å². The summed E-state index contributed by atoms with van der Waals surface area (Å²) in [6.07, 6.45) is 1.58. The van der Waals surface area contributed by atoms with Crippen LogP contribution in [0.25, 0.3) is 33.6 Å². The zero-order valence-electron chi connectivity index (χ0n) is 15.7. The van der Waals surface area contributed by atoms with Crippen molar-refractivity contribution in [2.45, 2.75) is 0 Å². The third-order valence-electron chi connectivity index (χ3n) is 5.06. The van der Waals surface area contributed by atoms with Gasteiger partial charge in [-0.25, -0.2) is 0 Å². The molecular weight excluding hydrogens is 396 g/mol. The molecule has 0 unspecified atom stereocenters. The molecule has 4 aromatic rings. The largest absolute Gasteiger partial charge is 0.437 e. The number of rotatable bonds is 2. The van der Waals surface area contributed by atoms with Crippen LogP contribution in [0, 0.1) is 22.7 Å². The minimum absolute atomic E-state index is 0.103. The highest BCUT2D eigenvalue weighted by molar-refractivity contribution is 7.13. The van der Waals surface area contributed by atoms with Crippen LogP contribution >= 0.6 is 11.3 Å². The Labute approximate surface area is 175 Å². The predicted octanol–water partition coefficient (Wildman–Crippen LogP) is 4.98. The number of aryl methyl sites for hydroxylation is 1. The molecule has 0 fully saturated rings. The van der Waals surface area contributed by atoms with E-state index in [1.54, 1.807) is 47.7 Å². The monoisotopic (exact) mass is 408 g/mol. The summed E-state index contributed by atoms with van der Waals surface area (Å²) >= 11 is 1.59. The number of nitrogens with zero attached hydrogens (tertiary/aromatic N) is 4. The van der Waals surface area contributed by atoms with Gasteiger partial charge in [-0.15, -0.1) is 11.3 Å². The molecule has 3 heterocycles. The summed E-state index contributed by atoms with van der Waals surface area (Å²) in [5.41, 5.74) is 2.81. The number of nitriles is 2. The van der Waals surface area contributed by atoms with Gasteiger partial charge >= 0.3 is 0 Å². The predicted molar refractivity (Wildman–Crippen MR) is 113 cm³/mol. The number of fused-ring (bicyclic) bond motifs is 2. The minimum atomic E-state index is -0.240. The molecular formula is C23H12N4O2S. The Morgan fingerprint density at radius 3 is 2.60 bits per heavy atom. The molecule has 0 amide bonds. The minimum Gasteiger partial charge on any atom is -0.437 e. The summed E-state index contributed by atoms with van der Waals surface area (Å²) in [5, 5.41) is 20.8. The normalized spacial score (nSPS) is 14.2. The SMILES string of the molecule is Cn1c(-c2cccs2)nc2oc(/C=C3\C(=O)c4ccccc4C3=C(C#N)C#N)cc21. The number of ketones is 1. The van der Waals surface area contributed by atoms with Crippen molar-refractivity contribution in [3.05, 3.63) is 75.9 Å². The first-order chi connectivity index (χ1) is 14.6. The van der Waals surface area contributed by atoms with E-state index in [9.17, 15) is 15.3 Å². The van der Waals surface area contributed by atoms with Crippen molar-refractivity contribution in [3.63, 3.8) is 0 Å². The summed E-state index contributed by atoms with van der Waals surface area (Å²) in [5.74, 6) is 1.00. The average Bonchev–Trinajstić information content (AvgIpc) is 3.52. The van der Waals surface area contributed by atoms with Crippen molar-refractivity contribution in [1.82, 2.24) is 9.55 Å². The number of imidazole rings is 1. The number of carbonyl (C=O) groups is 1. The highest BCUT2D eigenvalue weighted by Crippen LogP contribution is 2.40. The molecule has 0 N–H and O–H groups in total.